The van der Waals surface area contributed by atoms with E-state index >= 15 is 0 Å². The number of benzene rings is 4. The third-order valence-electron chi connectivity index (χ3n) is 9.66. The topological polar surface area (TPSA) is 43.9 Å². The minimum Gasteiger partial charge on any atom is -0.454 e. The molecule has 5 heteroatoms. The van der Waals surface area contributed by atoms with Gasteiger partial charge in [0.1, 0.15) is 11.1 Å². The van der Waals surface area contributed by atoms with Crippen molar-refractivity contribution in [3.05, 3.63) is 153 Å². The second kappa shape index (κ2) is 13.9. The van der Waals surface area contributed by atoms with Crippen molar-refractivity contribution in [3.8, 4) is 29.5 Å². The molecule has 0 saturated heterocycles. The maximum atomic E-state index is 6.81. The predicted octanol–water partition coefficient (Wildman–Crippen LogP) is 11.5. The molecule has 0 unspecified atom stereocenters. The highest BCUT2D eigenvalue weighted by Crippen LogP contribution is 2.44. The summed E-state index contributed by atoms with van der Waals surface area (Å²) in [6.45, 7) is 12.6. The van der Waals surface area contributed by atoms with Crippen molar-refractivity contribution in [2.45, 2.75) is 27.7 Å². The van der Waals surface area contributed by atoms with Crippen molar-refractivity contribution in [3.63, 3.8) is 0 Å². The zero-order valence-corrected chi connectivity index (χ0v) is 31.0. The summed E-state index contributed by atoms with van der Waals surface area (Å²) in [6, 6.07) is 31.3. The van der Waals surface area contributed by atoms with E-state index in [4.69, 9.17) is 20.8 Å². The number of thiophene rings is 1. The molecule has 0 N–H and O–H groups in total. The van der Waals surface area contributed by atoms with Crippen molar-refractivity contribution >= 4 is 85.0 Å². The minimum absolute atomic E-state index is 0.567. The van der Waals surface area contributed by atoms with Crippen LogP contribution < -0.4 is 9.75 Å². The zero-order valence-electron chi connectivity index (χ0n) is 30.1. The van der Waals surface area contributed by atoms with Crippen molar-refractivity contribution in [1.29, 1.82) is 0 Å². The number of fused-ring (bicyclic) bond motifs is 7. The first-order valence-electron chi connectivity index (χ1n) is 17.7. The highest BCUT2D eigenvalue weighted by atomic mass is 32.1. The fourth-order valence-corrected chi connectivity index (χ4v) is 8.03. The minimum atomic E-state index is 0.567. The summed E-state index contributed by atoms with van der Waals surface area (Å²) in [6.07, 6.45) is 20.6. The van der Waals surface area contributed by atoms with Crippen molar-refractivity contribution < 1.29 is 4.42 Å². The Labute approximate surface area is 312 Å². The molecule has 256 valence electrons. The quantitative estimate of drug-likeness (QED) is 0.123. The molecule has 0 atom stereocenters. The van der Waals surface area contributed by atoms with Gasteiger partial charge < -0.3 is 4.42 Å². The highest BCUT2D eigenvalue weighted by molar-refractivity contribution is 7.10. The largest absolute Gasteiger partial charge is 0.454 e. The molecular formula is C48H37N3OS. The molecule has 0 radical (unpaired) electrons. The lowest BCUT2D eigenvalue weighted by Crippen LogP contribution is -2.19. The molecule has 0 saturated carbocycles. The first-order valence-corrected chi connectivity index (χ1v) is 18.5. The van der Waals surface area contributed by atoms with Gasteiger partial charge in [-0.15, -0.1) is 17.8 Å². The zero-order chi connectivity index (χ0) is 36.6. The Hall–Kier alpha value is -6.48. The van der Waals surface area contributed by atoms with Gasteiger partial charge in [-0.2, -0.15) is 0 Å². The average Bonchev–Trinajstić information content (AvgIpc) is 3.85. The first-order chi connectivity index (χ1) is 25.9. The maximum absolute atomic E-state index is 6.81. The molecule has 0 aliphatic heterocycles. The van der Waals surface area contributed by atoms with Crippen LogP contribution in [0.25, 0.3) is 90.8 Å². The number of nitrogens with zero attached hydrogens (tertiary/aromatic N) is 3. The molecular weight excluding hydrogens is 667 g/mol. The predicted molar refractivity (Wildman–Crippen MR) is 227 cm³/mol. The van der Waals surface area contributed by atoms with E-state index in [0.717, 1.165) is 97.6 Å². The number of terminal acetylenes is 1. The van der Waals surface area contributed by atoms with Gasteiger partial charge in [-0.3, -0.25) is 4.57 Å². The van der Waals surface area contributed by atoms with Gasteiger partial charge in [0.25, 0.3) is 0 Å². The second-order valence-corrected chi connectivity index (χ2v) is 14.0. The monoisotopic (exact) mass is 703 g/mol. The second-order valence-electron chi connectivity index (χ2n) is 12.9. The number of hydrogen-bond donors (Lipinski definition) is 0. The molecule has 0 fully saturated rings. The Balaban J connectivity index is 1.55. The molecule has 4 heterocycles. The van der Waals surface area contributed by atoms with E-state index in [0.29, 0.717) is 5.95 Å². The van der Waals surface area contributed by atoms with Crippen LogP contribution in [0, 0.1) is 12.3 Å². The highest BCUT2D eigenvalue weighted by Gasteiger charge is 2.25. The molecule has 0 amide bonds. The number of furan rings is 1. The molecule has 8 rings (SSSR count). The third kappa shape index (κ3) is 5.74. The molecule has 0 aliphatic rings. The van der Waals surface area contributed by atoms with Crippen LogP contribution in [0.3, 0.4) is 0 Å². The fraction of sp³-hybridized carbons (Fsp3) is 0.0833. The van der Waals surface area contributed by atoms with Crippen molar-refractivity contribution in [1.82, 2.24) is 14.5 Å². The number of hydrogen-bond acceptors (Lipinski definition) is 4. The van der Waals surface area contributed by atoms with Crippen LogP contribution in [0.1, 0.15) is 49.4 Å². The summed E-state index contributed by atoms with van der Waals surface area (Å²) >= 11 is 1.55. The lowest BCUT2D eigenvalue weighted by molar-refractivity contribution is 0.670. The van der Waals surface area contributed by atoms with E-state index in [-0.39, 0.29) is 0 Å². The Morgan fingerprint density at radius 3 is 2.40 bits per heavy atom. The normalized spacial score (nSPS) is 13.2. The van der Waals surface area contributed by atoms with Crippen LogP contribution in [0.2, 0.25) is 0 Å². The Bertz CT molecular complexity index is 3010. The summed E-state index contributed by atoms with van der Waals surface area (Å²) < 4.78 is 9.93. The number of aromatic nitrogens is 3. The summed E-state index contributed by atoms with van der Waals surface area (Å²) in [5.41, 5.74) is 10.4. The number of allylic oxidation sites excluding steroid dienone is 7. The van der Waals surface area contributed by atoms with Crippen LogP contribution in [0.5, 0.6) is 0 Å². The van der Waals surface area contributed by atoms with Gasteiger partial charge in [0.2, 0.25) is 5.95 Å². The Morgan fingerprint density at radius 1 is 0.887 bits per heavy atom. The Kier molecular flexibility index (Phi) is 8.84. The molecule has 0 bridgehead atoms. The van der Waals surface area contributed by atoms with Crippen LogP contribution in [0.15, 0.2) is 126 Å². The summed E-state index contributed by atoms with van der Waals surface area (Å²) in [4.78, 5) is 11.5. The lowest BCUT2D eigenvalue weighted by Gasteiger charge is -2.12. The van der Waals surface area contributed by atoms with E-state index in [1.807, 2.05) is 62.4 Å². The Morgan fingerprint density at radius 2 is 1.64 bits per heavy atom. The van der Waals surface area contributed by atoms with Crippen LogP contribution >= 0.6 is 11.3 Å². The van der Waals surface area contributed by atoms with Crippen molar-refractivity contribution in [2.24, 2.45) is 0 Å². The van der Waals surface area contributed by atoms with E-state index in [1.54, 1.807) is 11.3 Å². The molecule has 4 nitrogen and oxygen atoms in total. The van der Waals surface area contributed by atoms with Crippen LogP contribution in [-0.4, -0.2) is 14.5 Å². The summed E-state index contributed by atoms with van der Waals surface area (Å²) in [7, 11) is 0. The van der Waals surface area contributed by atoms with Gasteiger partial charge in [0.05, 0.1) is 21.8 Å². The summed E-state index contributed by atoms with van der Waals surface area (Å²) in [5, 5.41) is 5.21. The number of para-hydroxylation sites is 2. The van der Waals surface area contributed by atoms with Gasteiger partial charge in [-0.1, -0.05) is 116 Å². The van der Waals surface area contributed by atoms with Crippen molar-refractivity contribution in [2.75, 3.05) is 0 Å². The molecule has 53 heavy (non-hydrogen) atoms. The van der Waals surface area contributed by atoms with E-state index in [9.17, 15) is 0 Å². The summed E-state index contributed by atoms with van der Waals surface area (Å²) in [5.74, 6) is 3.45. The third-order valence-corrected chi connectivity index (χ3v) is 10.7. The maximum Gasteiger partial charge on any atom is 0.235 e. The van der Waals surface area contributed by atoms with E-state index < -0.39 is 0 Å². The van der Waals surface area contributed by atoms with Crippen LogP contribution in [0.4, 0.5) is 0 Å². The van der Waals surface area contributed by atoms with E-state index in [1.165, 1.54) is 0 Å². The molecule has 0 spiro atoms. The van der Waals surface area contributed by atoms with Gasteiger partial charge in [0, 0.05) is 42.4 Å². The first kappa shape index (κ1) is 33.7. The van der Waals surface area contributed by atoms with Gasteiger partial charge in [-0.25, -0.2) is 9.97 Å². The molecule has 4 aromatic heterocycles. The van der Waals surface area contributed by atoms with Gasteiger partial charge >= 0.3 is 0 Å². The van der Waals surface area contributed by atoms with Crippen LogP contribution in [-0.2, 0) is 0 Å². The van der Waals surface area contributed by atoms with Gasteiger partial charge in [-0.05, 0) is 74.7 Å². The smallest absolute Gasteiger partial charge is 0.235 e. The average molecular weight is 704 g/mol. The molecule has 8 aromatic rings. The standard InChI is InChI=1S/C48H37N3OS/c1-7-11-20-30(5)40-29-41(33-21-13-12-14-22-33)50-48(49-40)51-42-25-17-15-24-36(42)45-38(28-39-34-23-16-18-26-43(34)52-47(39)46(45)51)32(9-3)27-37-31(6)53-44(10-4)35(37)19-8-2/h4,7-9,11-29H,6H2,1-3,5H3/b11-7-,19-8-,30-20+,32-9+,37-27+. The van der Waals surface area contributed by atoms with E-state index in [2.05, 4.69) is 116 Å². The van der Waals surface area contributed by atoms with Gasteiger partial charge in [0.15, 0.2) is 5.58 Å². The molecule has 0 aliphatic carbocycles. The SMILES string of the molecule is C#Cc1sc(=C)/c(=C\C(=C/C)c2cc3c4ccccc4oc3c3c2c2ccccc2n3-c2nc(/C(C)=C/C=C\C)cc(-c3ccccc3)n2)c1/C=C\C. The fourth-order valence-electron chi connectivity index (χ4n) is 7.16. The lowest BCUT2D eigenvalue weighted by atomic mass is 9.95. The molecule has 4 aromatic carbocycles. The number of rotatable bonds is 7.